The lowest BCUT2D eigenvalue weighted by atomic mass is 9.73. The first-order chi connectivity index (χ1) is 14.3. The Morgan fingerprint density at radius 1 is 1.20 bits per heavy atom. The van der Waals surface area contributed by atoms with Gasteiger partial charge in [-0.1, -0.05) is 0 Å². The number of hydrogen-bond acceptors (Lipinski definition) is 6. The van der Waals surface area contributed by atoms with E-state index in [1.165, 1.54) is 18.7 Å². The Hall–Kier alpha value is -2.71. The van der Waals surface area contributed by atoms with E-state index < -0.39 is 17.2 Å². The van der Waals surface area contributed by atoms with E-state index in [0.717, 1.165) is 5.69 Å². The second-order valence-corrected chi connectivity index (χ2v) is 8.43. The molecule has 2 atom stereocenters. The predicted octanol–water partition coefficient (Wildman–Crippen LogP) is 1.93. The number of furan rings is 1. The number of rotatable bonds is 3. The summed E-state index contributed by atoms with van der Waals surface area (Å²) in [6.45, 7) is 5.07. The Morgan fingerprint density at radius 2 is 1.97 bits per heavy atom. The van der Waals surface area contributed by atoms with Gasteiger partial charge in [0.25, 0.3) is 11.8 Å². The molecule has 0 unspecified atom stereocenters. The highest BCUT2D eigenvalue weighted by Crippen LogP contribution is 2.40. The Morgan fingerprint density at radius 3 is 2.60 bits per heavy atom. The summed E-state index contributed by atoms with van der Waals surface area (Å²) in [6.07, 6.45) is 5.04. The van der Waals surface area contributed by atoms with Gasteiger partial charge >= 0.3 is 0 Å². The van der Waals surface area contributed by atoms with Gasteiger partial charge in [-0.25, -0.2) is 0 Å². The van der Waals surface area contributed by atoms with Crippen molar-refractivity contribution in [2.45, 2.75) is 50.4 Å². The summed E-state index contributed by atoms with van der Waals surface area (Å²) in [4.78, 5) is 31.2. The molecule has 0 aromatic carbocycles. The molecule has 1 spiro atoms. The second-order valence-electron chi connectivity index (χ2n) is 8.43. The van der Waals surface area contributed by atoms with Gasteiger partial charge in [0.05, 0.1) is 28.5 Å². The third-order valence-electron chi connectivity index (χ3n) is 6.35. The van der Waals surface area contributed by atoms with Crippen LogP contribution >= 0.6 is 0 Å². The number of ether oxygens (including phenoxy) is 1. The van der Waals surface area contributed by atoms with Gasteiger partial charge in [-0.3, -0.25) is 14.6 Å². The molecule has 4 heterocycles. The molecule has 2 aliphatic rings. The maximum atomic E-state index is 12.8. The van der Waals surface area contributed by atoms with E-state index in [9.17, 15) is 14.7 Å². The minimum atomic E-state index is -0.896. The third-order valence-corrected chi connectivity index (χ3v) is 6.35. The summed E-state index contributed by atoms with van der Waals surface area (Å²) < 4.78 is 11.1. The number of hydrogen-bond donors (Lipinski definition) is 2. The second kappa shape index (κ2) is 7.85. The zero-order chi connectivity index (χ0) is 21.4. The molecule has 2 aliphatic heterocycles. The molecule has 0 aliphatic carbocycles. The van der Waals surface area contributed by atoms with Gasteiger partial charge in [0, 0.05) is 31.6 Å². The number of aliphatic hydroxyl groups is 1. The number of likely N-dealkylation sites (tertiary alicyclic amines) is 1. The molecular weight excluding hydrogens is 386 g/mol. The van der Waals surface area contributed by atoms with E-state index in [1.807, 2.05) is 13.8 Å². The molecule has 0 radical (unpaired) electrons. The number of aliphatic hydroxyl groups excluding tert-OH is 1. The fourth-order valence-electron chi connectivity index (χ4n) is 4.40. The van der Waals surface area contributed by atoms with Crippen LogP contribution in [-0.2, 0) is 4.74 Å². The smallest absolute Gasteiger partial charge is 0.257 e. The Labute approximate surface area is 175 Å². The molecule has 2 N–H and O–H groups in total. The van der Waals surface area contributed by atoms with E-state index in [-0.39, 0.29) is 11.8 Å². The van der Waals surface area contributed by atoms with Crippen LogP contribution in [0.4, 0.5) is 0 Å². The molecule has 0 bridgehead atoms. The van der Waals surface area contributed by atoms with E-state index in [1.54, 1.807) is 23.1 Å². The van der Waals surface area contributed by atoms with E-state index in [0.29, 0.717) is 50.1 Å². The van der Waals surface area contributed by atoms with Crippen LogP contribution in [0.3, 0.4) is 0 Å². The van der Waals surface area contributed by atoms with Crippen LogP contribution in [0.5, 0.6) is 0 Å². The number of nitrogens with one attached hydrogen (secondary N) is 1. The van der Waals surface area contributed by atoms with Gasteiger partial charge < -0.3 is 24.5 Å². The zero-order valence-electron chi connectivity index (χ0n) is 17.3. The molecule has 4 rings (SSSR count). The molecule has 8 nitrogen and oxygen atoms in total. The Balaban J connectivity index is 1.45. The predicted molar refractivity (Wildman–Crippen MR) is 108 cm³/mol. The summed E-state index contributed by atoms with van der Waals surface area (Å²) in [5.41, 5.74) is 0.171. The van der Waals surface area contributed by atoms with Crippen LogP contribution < -0.4 is 5.32 Å². The first-order valence-corrected chi connectivity index (χ1v) is 10.2. The van der Waals surface area contributed by atoms with Crippen molar-refractivity contribution in [2.24, 2.45) is 0 Å². The Kier molecular flexibility index (Phi) is 5.38. The normalized spacial score (nSPS) is 25.8. The summed E-state index contributed by atoms with van der Waals surface area (Å²) in [5.74, 6) is -0.361. The zero-order valence-corrected chi connectivity index (χ0v) is 17.3. The van der Waals surface area contributed by atoms with Gasteiger partial charge in [0.15, 0.2) is 0 Å². The number of aromatic nitrogens is 1. The minimum Gasteiger partial charge on any atom is -0.472 e. The minimum absolute atomic E-state index is 0.0909. The van der Waals surface area contributed by atoms with Gasteiger partial charge in [-0.05, 0) is 51.3 Å². The van der Waals surface area contributed by atoms with Gasteiger partial charge in [-0.2, -0.15) is 0 Å². The van der Waals surface area contributed by atoms with Gasteiger partial charge in [0.1, 0.15) is 12.4 Å². The molecule has 2 saturated heterocycles. The lowest BCUT2D eigenvalue weighted by Gasteiger charge is -2.53. The Bertz CT molecular complexity index is 903. The summed E-state index contributed by atoms with van der Waals surface area (Å²) in [5, 5.41) is 14.3. The average molecular weight is 413 g/mol. The lowest BCUT2D eigenvalue weighted by molar-refractivity contribution is -0.203. The van der Waals surface area contributed by atoms with Crippen LogP contribution in [-0.4, -0.2) is 63.7 Å². The van der Waals surface area contributed by atoms with Crippen LogP contribution in [0.25, 0.3) is 0 Å². The number of carbonyl (C=O) groups excluding carboxylic acids is 2. The molecule has 2 fully saturated rings. The number of amides is 2. The maximum Gasteiger partial charge on any atom is 0.257 e. The monoisotopic (exact) mass is 413 g/mol. The SMILES string of the molecule is Cc1ccc(C(=O)N[C@]2(C)CCOC3(CCN(C(=O)c4ccoc4)CC3)[C@H]2O)cn1. The molecule has 8 heteroatoms. The molecule has 2 aromatic rings. The maximum absolute atomic E-state index is 12.8. The van der Waals surface area contributed by atoms with Crippen molar-refractivity contribution in [3.63, 3.8) is 0 Å². The fourth-order valence-corrected chi connectivity index (χ4v) is 4.40. The highest BCUT2D eigenvalue weighted by Gasteiger charge is 2.54. The first kappa shape index (κ1) is 20.6. The highest BCUT2D eigenvalue weighted by molar-refractivity contribution is 5.94. The van der Waals surface area contributed by atoms with Gasteiger partial charge in [0.2, 0.25) is 0 Å². The number of nitrogens with zero attached hydrogens (tertiary/aromatic N) is 2. The fraction of sp³-hybridized carbons (Fsp3) is 0.500. The molecular formula is C22H27N3O5. The van der Waals surface area contributed by atoms with Crippen molar-refractivity contribution in [2.75, 3.05) is 19.7 Å². The number of pyridine rings is 1. The van der Waals surface area contributed by atoms with Crippen molar-refractivity contribution < 1.29 is 23.8 Å². The van der Waals surface area contributed by atoms with Crippen LogP contribution in [0.15, 0.2) is 41.3 Å². The van der Waals surface area contributed by atoms with Crippen molar-refractivity contribution in [3.8, 4) is 0 Å². The molecule has 160 valence electrons. The molecule has 0 saturated carbocycles. The van der Waals surface area contributed by atoms with E-state index >= 15 is 0 Å². The summed E-state index contributed by atoms with van der Waals surface area (Å²) in [6, 6.07) is 5.15. The lowest BCUT2D eigenvalue weighted by Crippen LogP contribution is -2.69. The van der Waals surface area contributed by atoms with E-state index in [2.05, 4.69) is 10.3 Å². The van der Waals surface area contributed by atoms with Crippen LogP contribution in [0.2, 0.25) is 0 Å². The highest BCUT2D eigenvalue weighted by atomic mass is 16.5. The summed E-state index contributed by atoms with van der Waals surface area (Å²) >= 11 is 0. The number of carbonyl (C=O) groups is 2. The van der Waals surface area contributed by atoms with Crippen molar-refractivity contribution in [1.29, 1.82) is 0 Å². The molecule has 2 amide bonds. The third kappa shape index (κ3) is 3.73. The standard InChI is InChI=1S/C22H27N3O5/c1-15-3-4-16(13-23-15)18(26)24-21(2)8-12-30-22(20(21)28)6-9-25(10-7-22)19(27)17-5-11-29-14-17/h3-5,11,13-14,20,28H,6-10,12H2,1-2H3,(H,24,26)/t20-,21+/m0/s1. The quantitative estimate of drug-likeness (QED) is 0.797. The van der Waals surface area contributed by atoms with Crippen molar-refractivity contribution in [1.82, 2.24) is 15.2 Å². The largest absolute Gasteiger partial charge is 0.472 e. The van der Waals surface area contributed by atoms with E-state index in [4.69, 9.17) is 9.15 Å². The molecule has 2 aromatic heterocycles. The van der Waals surface area contributed by atoms with Crippen LogP contribution in [0.1, 0.15) is 52.6 Å². The number of aryl methyl sites for hydroxylation is 1. The van der Waals surface area contributed by atoms with Crippen LogP contribution in [0, 0.1) is 6.92 Å². The van der Waals surface area contributed by atoms with Crippen molar-refractivity contribution in [3.05, 3.63) is 53.7 Å². The van der Waals surface area contributed by atoms with Crippen molar-refractivity contribution >= 4 is 11.8 Å². The average Bonchev–Trinajstić information content (AvgIpc) is 3.27. The molecule has 30 heavy (non-hydrogen) atoms. The topological polar surface area (TPSA) is 105 Å². The van der Waals surface area contributed by atoms with Gasteiger partial charge in [-0.15, -0.1) is 0 Å². The number of piperidine rings is 1. The summed E-state index contributed by atoms with van der Waals surface area (Å²) in [7, 11) is 0. The first-order valence-electron chi connectivity index (χ1n) is 10.2.